The molecule has 0 radical (unpaired) electrons. The van der Waals surface area contributed by atoms with E-state index in [1.165, 1.54) is 70.8 Å². The smallest absolute Gasteiger partial charge is 0.0284 e. The van der Waals surface area contributed by atoms with Crippen LogP contribution in [0.3, 0.4) is 0 Å². The van der Waals surface area contributed by atoms with Gasteiger partial charge in [0.2, 0.25) is 0 Å². The number of nitrogens with zero attached hydrogens (tertiary/aromatic N) is 1. The van der Waals surface area contributed by atoms with Crippen molar-refractivity contribution >= 4 is 0 Å². The molecule has 0 spiro atoms. The molecule has 1 heteroatoms. The van der Waals surface area contributed by atoms with Crippen molar-refractivity contribution in [3.05, 3.63) is 24.3 Å². The largest absolute Gasteiger partial charge is 0.294 e. The maximum Gasteiger partial charge on any atom is 0.0284 e. The van der Waals surface area contributed by atoms with Crippen LogP contribution in [0.4, 0.5) is 0 Å². The zero-order valence-electron chi connectivity index (χ0n) is 12.7. The normalized spacial score (nSPS) is 28.5. The number of hydrogen-bond acceptors (Lipinski definition) is 1. The summed E-state index contributed by atoms with van der Waals surface area (Å²) in [7, 11) is 0. The fraction of sp³-hybridized carbons (Fsp3) is 0.778. The van der Waals surface area contributed by atoms with Crippen molar-refractivity contribution in [3.63, 3.8) is 0 Å². The first kappa shape index (κ1) is 14.8. The van der Waals surface area contributed by atoms with Gasteiger partial charge in [-0.1, -0.05) is 56.9 Å². The standard InChI is InChI=1S/C18H31N/c1-2-3-4-5-6-7-8-9-12-17-13-10-14-18-15-11-16-19(17)18/h7-9,12,17-18H,2-6,10-11,13-16H2,1H3/b8-7+,12-9-/t17-,18-/m1/s1. The first-order valence-electron chi connectivity index (χ1n) is 8.51. The average molecular weight is 261 g/mol. The van der Waals surface area contributed by atoms with Crippen molar-refractivity contribution in [3.8, 4) is 0 Å². The molecule has 2 rings (SSSR count). The van der Waals surface area contributed by atoms with Gasteiger partial charge in [-0.15, -0.1) is 0 Å². The van der Waals surface area contributed by atoms with Crippen LogP contribution in [0.1, 0.15) is 71.1 Å². The summed E-state index contributed by atoms with van der Waals surface area (Å²) in [6.07, 6.45) is 23.2. The van der Waals surface area contributed by atoms with Gasteiger partial charge in [0.15, 0.2) is 0 Å². The molecule has 1 nitrogen and oxygen atoms in total. The van der Waals surface area contributed by atoms with Crippen molar-refractivity contribution in [1.82, 2.24) is 4.90 Å². The molecule has 0 unspecified atom stereocenters. The summed E-state index contributed by atoms with van der Waals surface area (Å²) in [5.74, 6) is 0. The summed E-state index contributed by atoms with van der Waals surface area (Å²) in [6.45, 7) is 3.61. The number of hydrogen-bond donors (Lipinski definition) is 0. The molecule has 19 heavy (non-hydrogen) atoms. The maximum atomic E-state index is 2.75. The van der Waals surface area contributed by atoms with Crippen LogP contribution in [-0.4, -0.2) is 23.5 Å². The van der Waals surface area contributed by atoms with Gasteiger partial charge in [0.25, 0.3) is 0 Å². The number of rotatable bonds is 7. The number of unbranched alkanes of at least 4 members (excludes halogenated alkanes) is 4. The number of fused-ring (bicyclic) bond motifs is 1. The molecule has 0 aliphatic carbocycles. The van der Waals surface area contributed by atoms with E-state index in [1.54, 1.807) is 0 Å². The molecule has 0 N–H and O–H groups in total. The van der Waals surface area contributed by atoms with Crippen molar-refractivity contribution in [2.45, 2.75) is 83.2 Å². The fourth-order valence-corrected chi connectivity index (χ4v) is 3.60. The van der Waals surface area contributed by atoms with E-state index in [0.29, 0.717) is 0 Å². The molecule has 0 saturated carbocycles. The summed E-state index contributed by atoms with van der Waals surface area (Å²) in [6, 6.07) is 1.63. The molecule has 2 heterocycles. The first-order valence-corrected chi connectivity index (χ1v) is 8.51. The minimum atomic E-state index is 0.728. The minimum Gasteiger partial charge on any atom is -0.294 e. The monoisotopic (exact) mass is 261 g/mol. The van der Waals surface area contributed by atoms with Gasteiger partial charge >= 0.3 is 0 Å². The molecule has 2 saturated heterocycles. The molecular weight excluding hydrogens is 230 g/mol. The van der Waals surface area contributed by atoms with Crippen molar-refractivity contribution in [2.75, 3.05) is 6.54 Å². The lowest BCUT2D eigenvalue weighted by Gasteiger charge is -2.36. The van der Waals surface area contributed by atoms with Gasteiger partial charge in [-0.05, 0) is 45.1 Å². The molecule has 0 aromatic rings. The zero-order chi connectivity index (χ0) is 13.3. The number of allylic oxidation sites excluding steroid dienone is 3. The Morgan fingerprint density at radius 2 is 1.89 bits per heavy atom. The lowest BCUT2D eigenvalue weighted by Crippen LogP contribution is -2.41. The molecule has 2 aliphatic heterocycles. The second-order valence-electron chi connectivity index (χ2n) is 6.19. The second kappa shape index (κ2) is 8.58. The summed E-state index contributed by atoms with van der Waals surface area (Å²) in [5.41, 5.74) is 0. The van der Waals surface area contributed by atoms with E-state index in [2.05, 4.69) is 36.1 Å². The van der Waals surface area contributed by atoms with Crippen LogP contribution >= 0.6 is 0 Å². The highest BCUT2D eigenvalue weighted by Gasteiger charge is 2.32. The first-order chi connectivity index (χ1) is 9.42. The summed E-state index contributed by atoms with van der Waals surface area (Å²) in [5, 5.41) is 0. The van der Waals surface area contributed by atoms with Gasteiger partial charge in [0.1, 0.15) is 0 Å². The Balaban J connectivity index is 1.65. The highest BCUT2D eigenvalue weighted by molar-refractivity contribution is 5.08. The molecular formula is C18H31N. The van der Waals surface area contributed by atoms with E-state index in [4.69, 9.17) is 0 Å². The Morgan fingerprint density at radius 3 is 2.79 bits per heavy atom. The lowest BCUT2D eigenvalue weighted by atomic mass is 9.96. The third kappa shape index (κ3) is 4.80. The van der Waals surface area contributed by atoms with Gasteiger partial charge in [0.05, 0.1) is 0 Å². The van der Waals surface area contributed by atoms with Gasteiger partial charge in [0, 0.05) is 12.1 Å². The third-order valence-corrected chi connectivity index (χ3v) is 4.69. The Bertz CT molecular complexity index is 292. The molecule has 2 fully saturated rings. The lowest BCUT2D eigenvalue weighted by molar-refractivity contribution is 0.153. The Morgan fingerprint density at radius 1 is 1.00 bits per heavy atom. The van der Waals surface area contributed by atoms with Crippen LogP contribution in [0.5, 0.6) is 0 Å². The van der Waals surface area contributed by atoms with Gasteiger partial charge in [-0.3, -0.25) is 4.90 Å². The van der Waals surface area contributed by atoms with E-state index in [9.17, 15) is 0 Å². The quantitative estimate of drug-likeness (QED) is 0.456. The second-order valence-corrected chi connectivity index (χ2v) is 6.19. The SMILES string of the molecule is CCCCCC/C=C/C=C\[C@@H]1CCC[C@@H]2CCCN21. The molecule has 0 aromatic carbocycles. The van der Waals surface area contributed by atoms with Crippen LogP contribution in [0.25, 0.3) is 0 Å². The predicted molar refractivity (Wildman–Crippen MR) is 84.4 cm³/mol. The summed E-state index contributed by atoms with van der Waals surface area (Å²) >= 11 is 0. The topological polar surface area (TPSA) is 3.24 Å². The zero-order valence-corrected chi connectivity index (χ0v) is 12.7. The molecule has 0 amide bonds. The third-order valence-electron chi connectivity index (χ3n) is 4.69. The Hall–Kier alpha value is -0.560. The van der Waals surface area contributed by atoms with Crippen LogP contribution in [-0.2, 0) is 0 Å². The van der Waals surface area contributed by atoms with E-state index in [-0.39, 0.29) is 0 Å². The van der Waals surface area contributed by atoms with Crippen LogP contribution in [0.15, 0.2) is 24.3 Å². The molecule has 108 valence electrons. The van der Waals surface area contributed by atoms with Crippen LogP contribution in [0, 0.1) is 0 Å². The number of piperidine rings is 1. The van der Waals surface area contributed by atoms with Gasteiger partial charge < -0.3 is 0 Å². The molecule has 2 aliphatic rings. The predicted octanol–water partition coefficient (Wildman–Crippen LogP) is 5.09. The van der Waals surface area contributed by atoms with Crippen molar-refractivity contribution < 1.29 is 0 Å². The molecule has 0 bridgehead atoms. The average Bonchev–Trinajstić information content (AvgIpc) is 2.91. The minimum absolute atomic E-state index is 0.728. The Labute approximate surface area is 119 Å². The van der Waals surface area contributed by atoms with Crippen LogP contribution in [0.2, 0.25) is 0 Å². The van der Waals surface area contributed by atoms with E-state index < -0.39 is 0 Å². The molecule has 0 aromatic heterocycles. The van der Waals surface area contributed by atoms with Crippen molar-refractivity contribution in [2.24, 2.45) is 0 Å². The summed E-state index contributed by atoms with van der Waals surface area (Å²) in [4.78, 5) is 2.75. The maximum absolute atomic E-state index is 2.75. The highest BCUT2D eigenvalue weighted by Crippen LogP contribution is 2.31. The van der Waals surface area contributed by atoms with Gasteiger partial charge in [-0.2, -0.15) is 0 Å². The van der Waals surface area contributed by atoms with Crippen LogP contribution < -0.4 is 0 Å². The Kier molecular flexibility index (Phi) is 6.70. The fourth-order valence-electron chi connectivity index (χ4n) is 3.60. The van der Waals surface area contributed by atoms with E-state index >= 15 is 0 Å². The van der Waals surface area contributed by atoms with Crippen molar-refractivity contribution in [1.29, 1.82) is 0 Å². The van der Waals surface area contributed by atoms with E-state index in [0.717, 1.165) is 12.1 Å². The van der Waals surface area contributed by atoms with E-state index in [1.807, 2.05) is 0 Å². The summed E-state index contributed by atoms with van der Waals surface area (Å²) < 4.78 is 0. The van der Waals surface area contributed by atoms with Gasteiger partial charge in [-0.25, -0.2) is 0 Å². The molecule has 2 atom stereocenters. The highest BCUT2D eigenvalue weighted by atomic mass is 15.2.